The van der Waals surface area contributed by atoms with E-state index in [1.54, 1.807) is 0 Å². The quantitative estimate of drug-likeness (QED) is 0.511. The van der Waals surface area contributed by atoms with Gasteiger partial charge in [0, 0.05) is 29.5 Å². The van der Waals surface area contributed by atoms with Crippen LogP contribution in [0.25, 0.3) is 28.0 Å². The topological polar surface area (TPSA) is 104 Å². The molecule has 1 aromatic carbocycles. The number of hydrogen-bond donors (Lipinski definition) is 2. The number of nitrogen functional groups attached to an aromatic ring is 1. The average Bonchev–Trinajstić information content (AvgIpc) is 3.31. The standard InChI is InChI=1S/C23H24FN7O/c1-13-8-16(9-14(2)27-13)19-20(15-6-4-3-5-7-15)28-22(25)31-21(19)29-30(23(31)32)12-18-10-17(24)11-26-18/h3-9,17-18,26H,10-12H2,1-2H3,(H2,25,28)/p+1/t17-,18-/m1/s1. The van der Waals surface area contributed by atoms with Crippen LogP contribution in [0.3, 0.4) is 0 Å². The van der Waals surface area contributed by atoms with Crippen molar-refractivity contribution in [2.24, 2.45) is 0 Å². The molecule has 9 heteroatoms. The van der Waals surface area contributed by atoms with Gasteiger partial charge >= 0.3 is 11.6 Å². The highest BCUT2D eigenvalue weighted by Crippen LogP contribution is 2.32. The van der Waals surface area contributed by atoms with E-state index in [1.807, 2.05) is 56.3 Å². The van der Waals surface area contributed by atoms with E-state index < -0.39 is 6.17 Å². The zero-order chi connectivity index (χ0) is 22.4. The van der Waals surface area contributed by atoms with Crippen molar-refractivity contribution in [1.29, 1.82) is 0 Å². The van der Waals surface area contributed by atoms with Crippen molar-refractivity contribution >= 4 is 11.6 Å². The fourth-order valence-corrected chi connectivity index (χ4v) is 4.46. The maximum absolute atomic E-state index is 13.6. The molecule has 2 atom stereocenters. The number of H-pyrrole nitrogens is 1. The monoisotopic (exact) mass is 434 g/mol. The molecule has 4 heterocycles. The number of aromatic amines is 1. The van der Waals surface area contributed by atoms with Gasteiger partial charge in [0.05, 0.1) is 12.1 Å². The van der Waals surface area contributed by atoms with E-state index in [2.05, 4.69) is 20.4 Å². The summed E-state index contributed by atoms with van der Waals surface area (Å²) in [5.74, 6) is 0.184. The molecule has 0 bridgehead atoms. The summed E-state index contributed by atoms with van der Waals surface area (Å²) in [4.78, 5) is 20.9. The first-order valence-corrected chi connectivity index (χ1v) is 10.6. The first-order chi connectivity index (χ1) is 15.4. The number of nitrogens with two attached hydrogens (primary N) is 1. The summed E-state index contributed by atoms with van der Waals surface area (Å²) in [5, 5.41) is 7.78. The Morgan fingerprint density at radius 3 is 2.56 bits per heavy atom. The van der Waals surface area contributed by atoms with Crippen LogP contribution in [0.15, 0.2) is 47.3 Å². The number of benzene rings is 1. The molecule has 0 spiro atoms. The third-order valence-corrected chi connectivity index (χ3v) is 5.80. The van der Waals surface area contributed by atoms with E-state index in [0.717, 1.165) is 33.8 Å². The van der Waals surface area contributed by atoms with Crippen LogP contribution in [-0.2, 0) is 6.54 Å². The molecule has 0 unspecified atom stereocenters. The molecule has 5 rings (SSSR count). The molecule has 8 nitrogen and oxygen atoms in total. The van der Waals surface area contributed by atoms with Crippen molar-refractivity contribution in [2.45, 2.75) is 39.0 Å². The van der Waals surface area contributed by atoms with Gasteiger partial charge in [-0.3, -0.25) is 10.7 Å². The van der Waals surface area contributed by atoms with Crippen molar-refractivity contribution in [1.82, 2.24) is 24.5 Å². The average molecular weight is 434 g/mol. The summed E-state index contributed by atoms with van der Waals surface area (Å²) in [6, 6.07) is 13.6. The Hall–Kier alpha value is -3.59. The lowest BCUT2D eigenvalue weighted by molar-refractivity contribution is -0.351. The lowest BCUT2D eigenvalue weighted by atomic mass is 9.99. The molecule has 0 amide bonds. The van der Waals surface area contributed by atoms with E-state index >= 15 is 0 Å². The predicted molar refractivity (Wildman–Crippen MR) is 120 cm³/mol. The second-order valence-corrected chi connectivity index (χ2v) is 8.33. The van der Waals surface area contributed by atoms with Crippen LogP contribution in [-0.4, -0.2) is 37.9 Å². The summed E-state index contributed by atoms with van der Waals surface area (Å²) < 4.78 is 16.4. The summed E-state index contributed by atoms with van der Waals surface area (Å²) in [7, 11) is 0. The summed E-state index contributed by atoms with van der Waals surface area (Å²) >= 11 is 0. The molecule has 1 aliphatic heterocycles. The van der Waals surface area contributed by atoms with E-state index in [0.29, 0.717) is 18.6 Å². The molecule has 4 N–H and O–H groups in total. The van der Waals surface area contributed by atoms with Crippen LogP contribution < -0.4 is 21.7 Å². The normalized spacial score (nSPS) is 18.5. The fourth-order valence-electron chi connectivity index (χ4n) is 4.46. The van der Waals surface area contributed by atoms with E-state index in [-0.39, 0.29) is 24.2 Å². The highest BCUT2D eigenvalue weighted by atomic mass is 19.1. The molecule has 0 saturated carbocycles. The molecular weight excluding hydrogens is 409 g/mol. The minimum atomic E-state index is -0.908. The van der Waals surface area contributed by atoms with Gasteiger partial charge in [0.15, 0.2) is 0 Å². The Labute approximate surface area is 183 Å². The largest absolute Gasteiger partial charge is 0.411 e. The summed E-state index contributed by atoms with van der Waals surface area (Å²) in [6.07, 6.45) is -0.554. The molecule has 0 radical (unpaired) electrons. The lowest BCUT2D eigenvalue weighted by Gasteiger charge is -2.10. The number of anilines is 1. The van der Waals surface area contributed by atoms with Crippen LogP contribution in [0.1, 0.15) is 17.8 Å². The van der Waals surface area contributed by atoms with Crippen LogP contribution in [0.4, 0.5) is 10.3 Å². The second kappa shape index (κ2) is 7.83. The summed E-state index contributed by atoms with van der Waals surface area (Å²) in [5.41, 5.74) is 11.5. The Kier molecular flexibility index (Phi) is 4.97. The van der Waals surface area contributed by atoms with Crippen molar-refractivity contribution in [2.75, 3.05) is 12.3 Å². The van der Waals surface area contributed by atoms with Gasteiger partial charge in [-0.25, -0.2) is 14.2 Å². The molecule has 1 fully saturated rings. The Morgan fingerprint density at radius 2 is 1.91 bits per heavy atom. The van der Waals surface area contributed by atoms with E-state index in [4.69, 9.17) is 5.73 Å². The molecule has 3 aromatic heterocycles. The van der Waals surface area contributed by atoms with Gasteiger partial charge in [0.1, 0.15) is 11.9 Å². The Balaban J connectivity index is 1.78. The van der Waals surface area contributed by atoms with Crippen molar-refractivity contribution < 1.29 is 9.37 Å². The zero-order valence-electron chi connectivity index (χ0n) is 18.0. The number of nitrogens with one attached hydrogen (secondary N) is 2. The van der Waals surface area contributed by atoms with Crippen LogP contribution >= 0.6 is 0 Å². The maximum atomic E-state index is 13.6. The third kappa shape index (κ3) is 3.54. The highest BCUT2D eigenvalue weighted by molar-refractivity contribution is 5.88. The number of hydrogen-bond acceptors (Lipinski definition) is 5. The van der Waals surface area contributed by atoms with Gasteiger partial charge in [-0.1, -0.05) is 30.3 Å². The Morgan fingerprint density at radius 1 is 1.19 bits per heavy atom. The fraction of sp³-hybridized carbons (Fsp3) is 0.304. The third-order valence-electron chi connectivity index (χ3n) is 5.80. The Bertz CT molecular complexity index is 1340. The van der Waals surface area contributed by atoms with E-state index in [9.17, 15) is 9.18 Å². The second-order valence-electron chi connectivity index (χ2n) is 8.33. The molecular formula is C23H25FN7O+. The SMILES string of the molecule is Cc1cc(-c2c(-c3ccccc3)[nH+]c(N)n3c(=O)n(C[C@H]4C[C@@H](F)CN4)nc23)cc(C)n1. The van der Waals surface area contributed by atoms with Crippen LogP contribution in [0, 0.1) is 13.8 Å². The predicted octanol–water partition coefficient (Wildman–Crippen LogP) is 1.94. The molecule has 0 aliphatic carbocycles. The molecule has 32 heavy (non-hydrogen) atoms. The minimum absolute atomic E-state index is 0.153. The summed E-state index contributed by atoms with van der Waals surface area (Å²) in [6.45, 7) is 4.43. The molecule has 164 valence electrons. The van der Waals surface area contributed by atoms with Gasteiger partial charge < -0.3 is 5.32 Å². The number of nitrogens with zero attached hydrogens (tertiary/aromatic N) is 4. The first-order valence-electron chi connectivity index (χ1n) is 10.6. The number of halogens is 1. The van der Waals surface area contributed by atoms with Gasteiger partial charge in [-0.2, -0.15) is 4.68 Å². The van der Waals surface area contributed by atoms with Gasteiger partial charge in [-0.15, -0.1) is 9.50 Å². The highest BCUT2D eigenvalue weighted by Gasteiger charge is 2.29. The van der Waals surface area contributed by atoms with Crippen LogP contribution in [0.2, 0.25) is 0 Å². The molecule has 1 saturated heterocycles. The number of aromatic nitrogens is 5. The molecule has 4 aromatic rings. The maximum Gasteiger partial charge on any atom is 0.411 e. The van der Waals surface area contributed by atoms with Crippen LogP contribution in [0.5, 0.6) is 0 Å². The number of rotatable bonds is 4. The minimum Gasteiger partial charge on any atom is -0.309 e. The van der Waals surface area contributed by atoms with Gasteiger partial charge in [0.25, 0.3) is 0 Å². The van der Waals surface area contributed by atoms with E-state index in [1.165, 1.54) is 9.08 Å². The van der Waals surface area contributed by atoms with Gasteiger partial charge in [0.2, 0.25) is 5.65 Å². The first kappa shape index (κ1) is 20.3. The number of alkyl halides is 1. The van der Waals surface area contributed by atoms with Crippen molar-refractivity contribution in [3.05, 3.63) is 64.3 Å². The van der Waals surface area contributed by atoms with Crippen molar-refractivity contribution in [3.8, 4) is 22.4 Å². The number of fused-ring (bicyclic) bond motifs is 1. The smallest absolute Gasteiger partial charge is 0.309 e. The lowest BCUT2D eigenvalue weighted by Crippen LogP contribution is -2.33. The number of aryl methyl sites for hydroxylation is 2. The molecule has 1 aliphatic rings. The zero-order valence-corrected chi connectivity index (χ0v) is 18.0. The number of pyridine rings is 1. The van der Waals surface area contributed by atoms with Gasteiger partial charge in [-0.05, 0) is 38.0 Å². The van der Waals surface area contributed by atoms with Crippen molar-refractivity contribution in [3.63, 3.8) is 0 Å².